The number of hydrogen-bond donors (Lipinski definition) is 0. The largest absolute Gasteiger partial charge is 0.329 e. The Hall–Kier alpha value is -1.91. The molecule has 21 heavy (non-hydrogen) atoms. The van der Waals surface area contributed by atoms with Crippen LogP contribution in [0.15, 0.2) is 24.4 Å². The third-order valence-electron chi connectivity index (χ3n) is 4.49. The molecule has 1 aromatic rings. The van der Waals surface area contributed by atoms with E-state index in [-0.39, 0.29) is 23.9 Å². The summed E-state index contributed by atoms with van der Waals surface area (Å²) in [6.45, 7) is 3.28. The van der Waals surface area contributed by atoms with E-state index in [9.17, 15) is 9.59 Å². The Labute approximate surface area is 124 Å². The molecule has 0 N–H and O–H groups in total. The molecule has 3 rings (SSSR count). The van der Waals surface area contributed by atoms with Crippen molar-refractivity contribution in [2.24, 2.45) is 0 Å². The number of piperazine rings is 1. The van der Waals surface area contributed by atoms with Crippen molar-refractivity contribution in [3.05, 3.63) is 30.1 Å². The van der Waals surface area contributed by atoms with Gasteiger partial charge in [-0.15, -0.1) is 0 Å². The molecule has 0 aromatic carbocycles. The van der Waals surface area contributed by atoms with Crippen LogP contribution in [0.3, 0.4) is 0 Å². The fraction of sp³-hybridized carbons (Fsp3) is 0.562. The van der Waals surface area contributed by atoms with E-state index in [2.05, 4.69) is 4.98 Å². The summed E-state index contributed by atoms with van der Waals surface area (Å²) in [5.41, 5.74) is 0.960. The molecule has 5 heteroatoms. The van der Waals surface area contributed by atoms with Crippen molar-refractivity contribution in [3.8, 4) is 0 Å². The second-order valence-electron chi connectivity index (χ2n) is 5.72. The van der Waals surface area contributed by atoms with Crippen LogP contribution >= 0.6 is 0 Å². The molecule has 2 saturated heterocycles. The fourth-order valence-electron chi connectivity index (χ4n) is 3.40. The van der Waals surface area contributed by atoms with Crippen molar-refractivity contribution in [2.45, 2.75) is 44.7 Å². The first-order chi connectivity index (χ1) is 10.2. The molecule has 2 fully saturated rings. The first kappa shape index (κ1) is 14.0. The summed E-state index contributed by atoms with van der Waals surface area (Å²) in [5.74, 6) is 0.246. The summed E-state index contributed by atoms with van der Waals surface area (Å²) < 4.78 is 0. The van der Waals surface area contributed by atoms with Crippen LogP contribution in [0.1, 0.15) is 31.9 Å². The van der Waals surface area contributed by atoms with E-state index >= 15 is 0 Å². The predicted octanol–water partition coefficient (Wildman–Crippen LogP) is 1.24. The highest BCUT2D eigenvalue weighted by atomic mass is 16.2. The summed E-state index contributed by atoms with van der Waals surface area (Å²) in [6, 6.07) is 5.27. The number of fused-ring (bicyclic) bond motifs is 1. The normalized spacial score (nSPS) is 25.4. The molecular formula is C16H21N3O2. The number of aromatic nitrogens is 1. The Morgan fingerprint density at radius 1 is 1.29 bits per heavy atom. The number of hydrogen-bond acceptors (Lipinski definition) is 3. The Morgan fingerprint density at radius 3 is 2.86 bits per heavy atom. The lowest BCUT2D eigenvalue weighted by molar-refractivity contribution is -0.159. The Kier molecular flexibility index (Phi) is 3.90. The second-order valence-corrected chi connectivity index (χ2v) is 5.72. The van der Waals surface area contributed by atoms with Crippen molar-refractivity contribution >= 4 is 11.8 Å². The number of carbonyl (C=O) groups is 2. The van der Waals surface area contributed by atoms with Crippen molar-refractivity contribution in [1.29, 1.82) is 0 Å². The maximum absolute atomic E-state index is 12.7. The molecule has 2 atom stereocenters. The Balaban J connectivity index is 1.75. The zero-order valence-corrected chi connectivity index (χ0v) is 12.4. The highest BCUT2D eigenvalue weighted by Crippen LogP contribution is 2.28. The monoisotopic (exact) mass is 287 g/mol. The summed E-state index contributed by atoms with van der Waals surface area (Å²) in [4.78, 5) is 33.0. The van der Waals surface area contributed by atoms with E-state index in [4.69, 9.17) is 0 Å². The lowest BCUT2D eigenvalue weighted by Gasteiger charge is -2.42. The van der Waals surface area contributed by atoms with Crippen LogP contribution in [0.4, 0.5) is 0 Å². The van der Waals surface area contributed by atoms with Gasteiger partial charge in [-0.3, -0.25) is 14.6 Å². The summed E-state index contributed by atoms with van der Waals surface area (Å²) in [5, 5.41) is 0. The predicted molar refractivity (Wildman–Crippen MR) is 78.5 cm³/mol. The number of carbonyl (C=O) groups excluding carboxylic acids is 2. The SMILES string of the molecule is CCC1C(=O)N2CCCC2C(=O)N1CCc1ccccn1. The van der Waals surface area contributed by atoms with Gasteiger partial charge in [0.25, 0.3) is 0 Å². The minimum Gasteiger partial charge on any atom is -0.329 e. The average molecular weight is 287 g/mol. The Morgan fingerprint density at radius 2 is 2.14 bits per heavy atom. The number of pyridine rings is 1. The molecule has 5 nitrogen and oxygen atoms in total. The van der Waals surface area contributed by atoms with E-state index in [1.807, 2.05) is 25.1 Å². The smallest absolute Gasteiger partial charge is 0.246 e. The van der Waals surface area contributed by atoms with E-state index in [0.29, 0.717) is 19.4 Å². The number of rotatable bonds is 4. The molecule has 3 heterocycles. The number of nitrogens with zero attached hydrogens (tertiary/aromatic N) is 3. The van der Waals surface area contributed by atoms with Gasteiger partial charge in [0, 0.05) is 31.4 Å². The van der Waals surface area contributed by atoms with Crippen LogP contribution in [0.5, 0.6) is 0 Å². The van der Waals surface area contributed by atoms with Gasteiger partial charge in [0.15, 0.2) is 0 Å². The molecule has 1 aromatic heterocycles. The van der Waals surface area contributed by atoms with E-state index in [1.165, 1.54) is 0 Å². The van der Waals surface area contributed by atoms with E-state index < -0.39 is 0 Å². The topological polar surface area (TPSA) is 53.5 Å². The molecule has 112 valence electrons. The van der Waals surface area contributed by atoms with Gasteiger partial charge in [-0.05, 0) is 31.4 Å². The van der Waals surface area contributed by atoms with Gasteiger partial charge in [-0.25, -0.2) is 0 Å². The van der Waals surface area contributed by atoms with Crippen LogP contribution in [-0.4, -0.2) is 51.8 Å². The summed E-state index contributed by atoms with van der Waals surface area (Å²) in [7, 11) is 0. The van der Waals surface area contributed by atoms with E-state index in [1.54, 1.807) is 16.0 Å². The Bertz CT molecular complexity index is 532. The molecule has 0 saturated carbocycles. The van der Waals surface area contributed by atoms with Crippen LogP contribution in [0, 0.1) is 0 Å². The molecule has 0 bridgehead atoms. The minimum atomic E-state index is -0.296. The minimum absolute atomic E-state index is 0.120. The average Bonchev–Trinajstić information content (AvgIpc) is 3.00. The number of amides is 2. The maximum atomic E-state index is 12.7. The third-order valence-corrected chi connectivity index (χ3v) is 4.49. The van der Waals surface area contributed by atoms with Gasteiger partial charge >= 0.3 is 0 Å². The standard InChI is InChI=1S/C16H21N3O2/c1-2-13-15(20)18-10-5-7-14(18)16(21)19(13)11-8-12-6-3-4-9-17-12/h3-4,6,9,13-14H,2,5,7-8,10-11H2,1H3. The molecule has 0 spiro atoms. The molecule has 2 unspecified atom stereocenters. The lowest BCUT2D eigenvalue weighted by atomic mass is 10.0. The van der Waals surface area contributed by atoms with Gasteiger partial charge in [-0.1, -0.05) is 13.0 Å². The highest BCUT2D eigenvalue weighted by Gasteiger charge is 2.46. The molecule has 2 aliphatic heterocycles. The van der Waals surface area contributed by atoms with Crippen molar-refractivity contribution in [1.82, 2.24) is 14.8 Å². The quantitative estimate of drug-likeness (QED) is 0.837. The van der Waals surface area contributed by atoms with Crippen LogP contribution in [0.25, 0.3) is 0 Å². The molecule has 2 aliphatic rings. The van der Waals surface area contributed by atoms with Gasteiger partial charge in [0.05, 0.1) is 0 Å². The van der Waals surface area contributed by atoms with Crippen LogP contribution < -0.4 is 0 Å². The highest BCUT2D eigenvalue weighted by molar-refractivity contribution is 5.97. The van der Waals surface area contributed by atoms with Crippen molar-refractivity contribution in [3.63, 3.8) is 0 Å². The van der Waals surface area contributed by atoms with Crippen molar-refractivity contribution < 1.29 is 9.59 Å². The van der Waals surface area contributed by atoms with Gasteiger partial charge in [0.2, 0.25) is 11.8 Å². The molecule has 0 aliphatic carbocycles. The maximum Gasteiger partial charge on any atom is 0.246 e. The van der Waals surface area contributed by atoms with Crippen molar-refractivity contribution in [2.75, 3.05) is 13.1 Å². The summed E-state index contributed by atoms with van der Waals surface area (Å²) in [6.07, 6.45) is 4.88. The molecule has 2 amide bonds. The third kappa shape index (κ3) is 2.52. The molecular weight excluding hydrogens is 266 g/mol. The van der Waals surface area contributed by atoms with Gasteiger partial charge in [0.1, 0.15) is 12.1 Å². The fourth-order valence-corrected chi connectivity index (χ4v) is 3.40. The first-order valence-corrected chi connectivity index (χ1v) is 7.73. The van der Waals surface area contributed by atoms with Crippen LogP contribution in [0.2, 0.25) is 0 Å². The molecule has 0 radical (unpaired) electrons. The summed E-state index contributed by atoms with van der Waals surface area (Å²) >= 11 is 0. The zero-order chi connectivity index (χ0) is 14.8. The zero-order valence-electron chi connectivity index (χ0n) is 12.4. The van der Waals surface area contributed by atoms with Gasteiger partial charge < -0.3 is 9.80 Å². The van der Waals surface area contributed by atoms with Gasteiger partial charge in [-0.2, -0.15) is 0 Å². The lowest BCUT2D eigenvalue weighted by Crippen LogP contribution is -2.62. The second kappa shape index (κ2) is 5.84. The van der Waals surface area contributed by atoms with Crippen LogP contribution in [-0.2, 0) is 16.0 Å². The first-order valence-electron chi connectivity index (χ1n) is 7.73. The van der Waals surface area contributed by atoms with E-state index in [0.717, 1.165) is 25.1 Å².